The monoisotopic (exact) mass is 346 g/mol. The number of amides is 2. The first-order valence-corrected chi connectivity index (χ1v) is 7.30. The minimum absolute atomic E-state index is 0.298. The summed E-state index contributed by atoms with van der Waals surface area (Å²) in [5, 5.41) is 15.1. The van der Waals surface area contributed by atoms with Crippen molar-refractivity contribution in [2.45, 2.75) is 58.3 Å². The Morgan fingerprint density at radius 2 is 1.50 bits per heavy atom. The molecule has 0 aliphatic carbocycles. The van der Waals surface area contributed by atoms with Crippen LogP contribution in [0.5, 0.6) is 0 Å². The van der Waals surface area contributed by atoms with Gasteiger partial charge in [0.05, 0.1) is 6.04 Å². The van der Waals surface area contributed by atoms with Crippen molar-refractivity contribution in [1.82, 2.24) is 10.6 Å². The maximum atomic E-state index is 11.5. The number of carbonyl (C=O) groups is 4. The van der Waals surface area contributed by atoms with Crippen molar-refractivity contribution in [3.8, 4) is 0 Å². The van der Waals surface area contributed by atoms with Crippen LogP contribution in [0.1, 0.15) is 27.7 Å². The normalized spacial score (nSPS) is 29.3. The Morgan fingerprint density at radius 3 is 1.96 bits per heavy atom. The SMILES string of the molecule is CC(=O)N[C@@H]1[C@@H](NC(C)=O)[C@H](O)O[C@H](COC(C)=O)[C@H]1OC(C)=O. The van der Waals surface area contributed by atoms with E-state index in [2.05, 4.69) is 10.6 Å². The van der Waals surface area contributed by atoms with Gasteiger partial charge in [-0.2, -0.15) is 0 Å². The lowest BCUT2D eigenvalue weighted by Crippen LogP contribution is -2.69. The van der Waals surface area contributed by atoms with Gasteiger partial charge in [-0.15, -0.1) is 0 Å². The number of hydrogen-bond donors (Lipinski definition) is 3. The lowest BCUT2D eigenvalue weighted by molar-refractivity contribution is -0.239. The van der Waals surface area contributed by atoms with Gasteiger partial charge in [0.25, 0.3) is 0 Å². The molecule has 10 nitrogen and oxygen atoms in total. The van der Waals surface area contributed by atoms with Gasteiger partial charge in [-0.05, 0) is 0 Å². The number of ether oxygens (including phenoxy) is 3. The van der Waals surface area contributed by atoms with Gasteiger partial charge in [0.15, 0.2) is 12.4 Å². The summed E-state index contributed by atoms with van der Waals surface area (Å²) in [5.74, 6) is -2.19. The summed E-state index contributed by atoms with van der Waals surface area (Å²) in [5.41, 5.74) is 0. The Hall–Kier alpha value is -2.20. The number of nitrogens with one attached hydrogen (secondary N) is 2. The van der Waals surface area contributed by atoms with Crippen molar-refractivity contribution in [3.63, 3.8) is 0 Å². The molecule has 0 spiro atoms. The smallest absolute Gasteiger partial charge is 0.303 e. The highest BCUT2D eigenvalue weighted by atomic mass is 16.7. The standard InChI is InChI=1S/C14H22N2O8/c1-6(17)15-11-12(16-7(2)18)14(21)24-10(5-22-8(3)19)13(11)23-9(4)20/h10-14,21H,5H2,1-4H3,(H,15,17)(H,16,18)/t10-,11-,12-,13-,14-/m1/s1. The van der Waals surface area contributed by atoms with Crippen molar-refractivity contribution in [2.24, 2.45) is 0 Å². The fraction of sp³-hybridized carbons (Fsp3) is 0.714. The highest BCUT2D eigenvalue weighted by Crippen LogP contribution is 2.23. The predicted molar refractivity (Wildman–Crippen MR) is 78.3 cm³/mol. The van der Waals surface area contributed by atoms with Crippen LogP contribution in [0.15, 0.2) is 0 Å². The fourth-order valence-electron chi connectivity index (χ4n) is 2.43. The number of hydrogen-bond acceptors (Lipinski definition) is 8. The maximum Gasteiger partial charge on any atom is 0.303 e. The van der Waals surface area contributed by atoms with Crippen LogP contribution in [-0.4, -0.2) is 66.0 Å². The predicted octanol–water partition coefficient (Wildman–Crippen LogP) is -1.79. The highest BCUT2D eigenvalue weighted by Gasteiger charge is 2.48. The van der Waals surface area contributed by atoms with Crippen molar-refractivity contribution in [3.05, 3.63) is 0 Å². The molecule has 0 aromatic carbocycles. The van der Waals surface area contributed by atoms with Gasteiger partial charge >= 0.3 is 11.9 Å². The molecule has 0 bridgehead atoms. The fourth-order valence-corrected chi connectivity index (χ4v) is 2.43. The van der Waals surface area contributed by atoms with E-state index in [1.165, 1.54) is 20.8 Å². The molecule has 0 aromatic rings. The van der Waals surface area contributed by atoms with Crippen molar-refractivity contribution >= 4 is 23.8 Å². The molecule has 0 saturated carbocycles. The zero-order chi connectivity index (χ0) is 18.4. The van der Waals surface area contributed by atoms with Gasteiger partial charge < -0.3 is 30.0 Å². The molecule has 1 saturated heterocycles. The van der Waals surface area contributed by atoms with Crippen LogP contribution in [0, 0.1) is 0 Å². The molecule has 136 valence electrons. The largest absolute Gasteiger partial charge is 0.463 e. The average molecular weight is 346 g/mol. The molecule has 1 rings (SSSR count). The van der Waals surface area contributed by atoms with Crippen LogP contribution in [-0.2, 0) is 33.4 Å². The first kappa shape index (κ1) is 19.8. The van der Waals surface area contributed by atoms with Crippen molar-refractivity contribution in [2.75, 3.05) is 6.61 Å². The number of esters is 2. The molecule has 10 heteroatoms. The second-order valence-corrected chi connectivity index (χ2v) is 5.39. The van der Waals surface area contributed by atoms with Crippen molar-refractivity contribution < 1.29 is 38.5 Å². The number of rotatable bonds is 5. The summed E-state index contributed by atoms with van der Waals surface area (Å²) in [6.45, 7) is 4.51. The molecular weight excluding hydrogens is 324 g/mol. The summed E-state index contributed by atoms with van der Waals surface area (Å²) >= 11 is 0. The van der Waals surface area contributed by atoms with Gasteiger partial charge in [0, 0.05) is 27.7 Å². The second kappa shape index (κ2) is 8.60. The lowest BCUT2D eigenvalue weighted by atomic mass is 9.93. The van der Waals surface area contributed by atoms with E-state index in [-0.39, 0.29) is 6.61 Å². The molecule has 5 atom stereocenters. The van der Waals surface area contributed by atoms with E-state index in [9.17, 15) is 24.3 Å². The molecule has 0 radical (unpaired) electrons. The maximum absolute atomic E-state index is 11.5. The van der Waals surface area contributed by atoms with Gasteiger partial charge in [-0.1, -0.05) is 0 Å². The van der Waals surface area contributed by atoms with Crippen LogP contribution in [0.3, 0.4) is 0 Å². The zero-order valence-corrected chi connectivity index (χ0v) is 13.9. The Labute approximate surface area is 138 Å². The third-order valence-electron chi connectivity index (χ3n) is 3.22. The van der Waals surface area contributed by atoms with Gasteiger partial charge in [0.2, 0.25) is 11.8 Å². The van der Waals surface area contributed by atoms with E-state index in [4.69, 9.17) is 14.2 Å². The first-order valence-electron chi connectivity index (χ1n) is 7.30. The van der Waals surface area contributed by atoms with Gasteiger partial charge in [0.1, 0.15) is 18.8 Å². The number of carbonyl (C=O) groups excluding carboxylic acids is 4. The van der Waals surface area contributed by atoms with E-state index in [1.54, 1.807) is 0 Å². The molecule has 1 fully saturated rings. The minimum Gasteiger partial charge on any atom is -0.463 e. The summed E-state index contributed by atoms with van der Waals surface area (Å²) in [7, 11) is 0. The Kier molecular flexibility index (Phi) is 7.11. The van der Waals surface area contributed by atoms with Crippen molar-refractivity contribution in [1.29, 1.82) is 0 Å². The van der Waals surface area contributed by atoms with E-state index >= 15 is 0 Å². The summed E-state index contributed by atoms with van der Waals surface area (Å²) in [6.07, 6.45) is -3.60. The van der Waals surface area contributed by atoms with Crippen LogP contribution in [0.4, 0.5) is 0 Å². The van der Waals surface area contributed by atoms with Crippen LogP contribution >= 0.6 is 0 Å². The Morgan fingerprint density at radius 1 is 0.958 bits per heavy atom. The van der Waals surface area contributed by atoms with Crippen LogP contribution < -0.4 is 10.6 Å². The number of aliphatic hydroxyl groups is 1. The molecule has 1 aliphatic rings. The third-order valence-corrected chi connectivity index (χ3v) is 3.22. The molecule has 1 aliphatic heterocycles. The summed E-state index contributed by atoms with van der Waals surface area (Å²) in [4.78, 5) is 45.2. The Bertz CT molecular complexity index is 509. The molecular formula is C14H22N2O8. The van der Waals surface area contributed by atoms with E-state index < -0.39 is 54.3 Å². The average Bonchev–Trinajstić information content (AvgIpc) is 2.42. The van der Waals surface area contributed by atoms with Crippen LogP contribution in [0.25, 0.3) is 0 Å². The van der Waals surface area contributed by atoms with Gasteiger partial charge in [-0.3, -0.25) is 19.2 Å². The third kappa shape index (κ3) is 5.78. The topological polar surface area (TPSA) is 140 Å². The molecule has 1 heterocycles. The van der Waals surface area contributed by atoms with E-state index in [0.29, 0.717) is 0 Å². The first-order chi connectivity index (χ1) is 11.1. The van der Waals surface area contributed by atoms with Crippen LogP contribution in [0.2, 0.25) is 0 Å². The highest BCUT2D eigenvalue weighted by molar-refractivity contribution is 5.75. The van der Waals surface area contributed by atoms with Gasteiger partial charge in [-0.25, -0.2) is 0 Å². The summed E-state index contributed by atoms with van der Waals surface area (Å²) < 4.78 is 15.3. The molecule has 3 N–H and O–H groups in total. The number of aliphatic hydroxyl groups excluding tert-OH is 1. The second-order valence-electron chi connectivity index (χ2n) is 5.39. The lowest BCUT2D eigenvalue weighted by Gasteiger charge is -2.44. The summed E-state index contributed by atoms with van der Waals surface area (Å²) in [6, 6.07) is -2.02. The molecule has 24 heavy (non-hydrogen) atoms. The quantitative estimate of drug-likeness (QED) is 0.496. The zero-order valence-electron chi connectivity index (χ0n) is 13.9. The molecule has 2 amide bonds. The Balaban J connectivity index is 3.11. The minimum atomic E-state index is -1.50. The van der Waals surface area contributed by atoms with E-state index in [1.807, 2.05) is 0 Å². The molecule has 0 aromatic heterocycles. The molecule has 0 unspecified atom stereocenters. The van der Waals surface area contributed by atoms with E-state index in [0.717, 1.165) is 6.92 Å².